The third-order valence-electron chi connectivity index (χ3n) is 3.05. The maximum absolute atomic E-state index is 11.6. The fourth-order valence-corrected chi connectivity index (χ4v) is 1.83. The number of hydrogen-bond donors (Lipinski definition) is 1. The molecule has 0 spiro atoms. The van der Waals surface area contributed by atoms with Crippen molar-refractivity contribution in [3.8, 4) is 11.5 Å². The maximum Gasteiger partial charge on any atom is 0.337 e. The summed E-state index contributed by atoms with van der Waals surface area (Å²) in [7, 11) is 2.77. The smallest absolute Gasteiger partial charge is 0.337 e. The molecule has 0 saturated carbocycles. The third kappa shape index (κ3) is 5.63. The van der Waals surface area contributed by atoms with Crippen molar-refractivity contribution < 1.29 is 23.8 Å². The molecule has 122 valence electrons. The Hall–Kier alpha value is -2.24. The van der Waals surface area contributed by atoms with Crippen LogP contribution in [0.5, 0.6) is 11.5 Å². The van der Waals surface area contributed by atoms with E-state index in [0.717, 1.165) is 19.3 Å². The summed E-state index contributed by atoms with van der Waals surface area (Å²) in [5.74, 6) is 0.134. The zero-order chi connectivity index (χ0) is 16.4. The second-order valence-electron chi connectivity index (χ2n) is 4.70. The fraction of sp³-hybridized carbons (Fsp3) is 0.500. The number of methoxy groups -OCH3 is 2. The molecule has 1 amide bonds. The van der Waals surface area contributed by atoms with Gasteiger partial charge in [0.1, 0.15) is 0 Å². The molecule has 1 aromatic rings. The van der Waals surface area contributed by atoms with Crippen LogP contribution in [0.25, 0.3) is 0 Å². The molecule has 0 aliphatic carbocycles. The highest BCUT2D eigenvalue weighted by Crippen LogP contribution is 2.28. The summed E-state index contributed by atoms with van der Waals surface area (Å²) in [5.41, 5.74) is 0.357. The van der Waals surface area contributed by atoms with E-state index in [-0.39, 0.29) is 12.5 Å². The number of ether oxygens (including phenoxy) is 3. The van der Waals surface area contributed by atoms with Gasteiger partial charge in [-0.05, 0) is 24.6 Å². The van der Waals surface area contributed by atoms with Crippen LogP contribution in [0.1, 0.15) is 36.5 Å². The average molecular weight is 309 g/mol. The highest BCUT2D eigenvalue weighted by molar-refractivity contribution is 5.90. The first-order chi connectivity index (χ1) is 10.6. The molecule has 1 rings (SSSR count). The van der Waals surface area contributed by atoms with Gasteiger partial charge in [-0.15, -0.1) is 0 Å². The van der Waals surface area contributed by atoms with Crippen LogP contribution < -0.4 is 14.8 Å². The number of rotatable bonds is 9. The van der Waals surface area contributed by atoms with Gasteiger partial charge in [-0.3, -0.25) is 4.79 Å². The lowest BCUT2D eigenvalue weighted by atomic mass is 10.2. The first-order valence-electron chi connectivity index (χ1n) is 7.28. The van der Waals surface area contributed by atoms with Crippen LogP contribution in [0.4, 0.5) is 0 Å². The predicted octanol–water partition coefficient (Wildman–Crippen LogP) is 2.17. The molecule has 1 aromatic carbocycles. The maximum atomic E-state index is 11.6. The standard InChI is InChI=1S/C16H23NO5/c1-4-5-6-9-17-15(18)11-22-13-8-7-12(16(19)21-3)10-14(13)20-2/h7-8,10H,4-6,9,11H2,1-3H3,(H,17,18). The molecule has 0 unspecified atom stereocenters. The summed E-state index contributed by atoms with van der Waals surface area (Å²) in [6.07, 6.45) is 3.15. The Labute approximate surface area is 130 Å². The highest BCUT2D eigenvalue weighted by atomic mass is 16.5. The normalized spacial score (nSPS) is 9.95. The minimum Gasteiger partial charge on any atom is -0.493 e. The summed E-state index contributed by atoms with van der Waals surface area (Å²) in [6.45, 7) is 2.66. The molecular formula is C16H23NO5. The molecule has 0 saturated heterocycles. The van der Waals surface area contributed by atoms with Crippen LogP contribution in [0, 0.1) is 0 Å². The molecule has 6 heteroatoms. The van der Waals surface area contributed by atoms with E-state index in [1.807, 2.05) is 0 Å². The first kappa shape index (κ1) is 17.8. The van der Waals surface area contributed by atoms with Crippen molar-refractivity contribution in [2.75, 3.05) is 27.4 Å². The van der Waals surface area contributed by atoms with E-state index in [2.05, 4.69) is 17.0 Å². The van der Waals surface area contributed by atoms with Gasteiger partial charge in [0.25, 0.3) is 5.91 Å². The Morgan fingerprint density at radius 2 is 1.91 bits per heavy atom. The van der Waals surface area contributed by atoms with Gasteiger partial charge >= 0.3 is 5.97 Å². The Morgan fingerprint density at radius 3 is 2.55 bits per heavy atom. The summed E-state index contributed by atoms with van der Waals surface area (Å²) in [6, 6.07) is 4.65. The molecule has 0 heterocycles. The number of hydrogen-bond acceptors (Lipinski definition) is 5. The number of unbranched alkanes of at least 4 members (excludes halogenated alkanes) is 2. The molecule has 1 N–H and O–H groups in total. The largest absolute Gasteiger partial charge is 0.493 e. The van der Waals surface area contributed by atoms with Crippen molar-refractivity contribution in [1.82, 2.24) is 5.32 Å². The number of carbonyl (C=O) groups excluding carboxylic acids is 2. The average Bonchev–Trinajstić information content (AvgIpc) is 2.55. The molecule has 0 bridgehead atoms. The van der Waals surface area contributed by atoms with Crippen LogP contribution in [0.3, 0.4) is 0 Å². The van der Waals surface area contributed by atoms with Crippen molar-refractivity contribution in [2.45, 2.75) is 26.2 Å². The fourth-order valence-electron chi connectivity index (χ4n) is 1.83. The Balaban J connectivity index is 2.54. The summed E-state index contributed by atoms with van der Waals surface area (Å²) in [4.78, 5) is 23.1. The summed E-state index contributed by atoms with van der Waals surface area (Å²) >= 11 is 0. The van der Waals surface area contributed by atoms with E-state index in [0.29, 0.717) is 23.6 Å². The zero-order valence-electron chi connectivity index (χ0n) is 13.3. The minimum atomic E-state index is -0.460. The summed E-state index contributed by atoms with van der Waals surface area (Å²) in [5, 5.41) is 2.79. The Bertz CT molecular complexity index is 501. The second-order valence-corrected chi connectivity index (χ2v) is 4.70. The van der Waals surface area contributed by atoms with Crippen molar-refractivity contribution in [3.63, 3.8) is 0 Å². The molecule has 0 aliphatic heterocycles. The van der Waals surface area contributed by atoms with Gasteiger partial charge in [0, 0.05) is 6.54 Å². The van der Waals surface area contributed by atoms with Gasteiger partial charge in [0.05, 0.1) is 19.8 Å². The number of carbonyl (C=O) groups is 2. The summed E-state index contributed by atoms with van der Waals surface area (Å²) < 4.78 is 15.2. The van der Waals surface area contributed by atoms with Crippen LogP contribution in [0.2, 0.25) is 0 Å². The molecule has 22 heavy (non-hydrogen) atoms. The van der Waals surface area contributed by atoms with E-state index < -0.39 is 5.97 Å². The lowest BCUT2D eigenvalue weighted by Crippen LogP contribution is -2.29. The highest BCUT2D eigenvalue weighted by Gasteiger charge is 2.12. The van der Waals surface area contributed by atoms with Gasteiger partial charge in [0.2, 0.25) is 0 Å². The van der Waals surface area contributed by atoms with Gasteiger partial charge in [-0.2, -0.15) is 0 Å². The van der Waals surface area contributed by atoms with Crippen LogP contribution in [-0.4, -0.2) is 39.2 Å². The second kappa shape index (κ2) is 9.65. The molecule has 0 atom stereocenters. The molecule has 0 aromatic heterocycles. The van der Waals surface area contributed by atoms with Crippen molar-refractivity contribution in [1.29, 1.82) is 0 Å². The predicted molar refractivity (Wildman–Crippen MR) is 82.4 cm³/mol. The third-order valence-corrected chi connectivity index (χ3v) is 3.05. The topological polar surface area (TPSA) is 73.9 Å². The minimum absolute atomic E-state index is 0.0972. The van der Waals surface area contributed by atoms with E-state index in [1.54, 1.807) is 12.1 Å². The number of nitrogens with one attached hydrogen (secondary N) is 1. The van der Waals surface area contributed by atoms with Gasteiger partial charge in [0.15, 0.2) is 18.1 Å². The van der Waals surface area contributed by atoms with Crippen molar-refractivity contribution >= 4 is 11.9 Å². The molecular weight excluding hydrogens is 286 g/mol. The van der Waals surface area contributed by atoms with E-state index in [4.69, 9.17) is 9.47 Å². The van der Waals surface area contributed by atoms with E-state index in [9.17, 15) is 9.59 Å². The van der Waals surface area contributed by atoms with Crippen LogP contribution in [0.15, 0.2) is 18.2 Å². The van der Waals surface area contributed by atoms with Gasteiger partial charge in [-0.1, -0.05) is 19.8 Å². The van der Waals surface area contributed by atoms with Gasteiger partial charge < -0.3 is 19.5 Å². The zero-order valence-corrected chi connectivity index (χ0v) is 13.3. The number of benzene rings is 1. The monoisotopic (exact) mass is 309 g/mol. The lowest BCUT2D eigenvalue weighted by Gasteiger charge is -2.11. The van der Waals surface area contributed by atoms with Crippen molar-refractivity contribution in [3.05, 3.63) is 23.8 Å². The van der Waals surface area contributed by atoms with E-state index >= 15 is 0 Å². The lowest BCUT2D eigenvalue weighted by molar-refractivity contribution is -0.123. The molecule has 0 radical (unpaired) electrons. The Kier molecular flexibility index (Phi) is 7.81. The van der Waals surface area contributed by atoms with Gasteiger partial charge in [-0.25, -0.2) is 4.79 Å². The van der Waals surface area contributed by atoms with Crippen molar-refractivity contribution in [2.24, 2.45) is 0 Å². The number of amides is 1. The van der Waals surface area contributed by atoms with Crippen LogP contribution in [-0.2, 0) is 9.53 Å². The first-order valence-corrected chi connectivity index (χ1v) is 7.28. The molecule has 6 nitrogen and oxygen atoms in total. The SMILES string of the molecule is CCCCCNC(=O)COc1ccc(C(=O)OC)cc1OC. The Morgan fingerprint density at radius 1 is 1.14 bits per heavy atom. The van der Waals surface area contributed by atoms with E-state index in [1.165, 1.54) is 20.3 Å². The molecule has 0 aliphatic rings. The molecule has 0 fully saturated rings. The number of esters is 1. The van der Waals surface area contributed by atoms with Crippen LogP contribution >= 0.6 is 0 Å². The quantitative estimate of drug-likeness (QED) is 0.559.